The smallest absolute Gasteiger partial charge is 0.237 e. The predicted molar refractivity (Wildman–Crippen MR) is 81.4 cm³/mol. The first-order chi connectivity index (χ1) is 9.94. The van der Waals surface area contributed by atoms with E-state index in [0.29, 0.717) is 0 Å². The number of hydrogen-bond acceptors (Lipinski definition) is 3. The zero-order valence-electron chi connectivity index (χ0n) is 11.8. The highest BCUT2D eigenvalue weighted by Crippen LogP contribution is 2.30. The fourth-order valence-corrected chi connectivity index (χ4v) is 3.99. The molecule has 3 rings (SSSR count). The van der Waals surface area contributed by atoms with Gasteiger partial charge in [0.15, 0.2) is 0 Å². The Morgan fingerprint density at radius 3 is 2.86 bits per heavy atom. The van der Waals surface area contributed by atoms with Crippen LogP contribution >= 0.6 is 0 Å². The maximum Gasteiger partial charge on any atom is 0.237 e. The van der Waals surface area contributed by atoms with Crippen LogP contribution in [0.5, 0.6) is 0 Å². The van der Waals surface area contributed by atoms with Crippen molar-refractivity contribution >= 4 is 26.8 Å². The van der Waals surface area contributed by atoms with Crippen LogP contribution in [0.25, 0.3) is 10.9 Å². The van der Waals surface area contributed by atoms with Gasteiger partial charge in [-0.25, -0.2) is 8.42 Å². The number of H-pyrrole nitrogens is 1. The van der Waals surface area contributed by atoms with Gasteiger partial charge in [-0.15, -0.1) is 0 Å². The minimum Gasteiger partial charge on any atom is -0.361 e. The molecule has 0 spiro atoms. The second-order valence-corrected chi connectivity index (χ2v) is 7.51. The van der Waals surface area contributed by atoms with Crippen molar-refractivity contribution in [2.24, 2.45) is 5.92 Å². The van der Waals surface area contributed by atoms with E-state index in [1.165, 1.54) is 0 Å². The number of amides is 1. The molecule has 0 atom stereocenters. The molecule has 5 nitrogen and oxygen atoms in total. The molecule has 21 heavy (non-hydrogen) atoms. The van der Waals surface area contributed by atoms with Gasteiger partial charge in [-0.3, -0.25) is 9.52 Å². The van der Waals surface area contributed by atoms with E-state index in [1.54, 1.807) is 6.20 Å². The van der Waals surface area contributed by atoms with Crippen LogP contribution in [-0.4, -0.2) is 25.1 Å². The van der Waals surface area contributed by atoms with E-state index in [2.05, 4.69) is 9.71 Å². The summed E-state index contributed by atoms with van der Waals surface area (Å²) >= 11 is 0. The molecule has 0 radical (unpaired) electrons. The Balaban J connectivity index is 1.73. The summed E-state index contributed by atoms with van der Waals surface area (Å²) < 4.78 is 25.8. The summed E-state index contributed by atoms with van der Waals surface area (Å²) in [4.78, 5) is 15.1. The van der Waals surface area contributed by atoms with Crippen molar-refractivity contribution in [2.75, 3.05) is 5.75 Å². The van der Waals surface area contributed by atoms with Crippen LogP contribution < -0.4 is 4.72 Å². The van der Waals surface area contributed by atoms with Crippen LogP contribution in [0.2, 0.25) is 0 Å². The van der Waals surface area contributed by atoms with Gasteiger partial charge in [-0.05, 0) is 36.8 Å². The fraction of sp³-hybridized carbons (Fsp3) is 0.400. The maximum absolute atomic E-state index is 12.0. The van der Waals surface area contributed by atoms with E-state index in [-0.39, 0.29) is 18.1 Å². The van der Waals surface area contributed by atoms with Gasteiger partial charge in [0.1, 0.15) is 0 Å². The Morgan fingerprint density at radius 1 is 1.38 bits per heavy atom. The van der Waals surface area contributed by atoms with Crippen molar-refractivity contribution in [1.82, 2.24) is 9.71 Å². The van der Waals surface area contributed by atoms with Crippen LogP contribution in [0.4, 0.5) is 0 Å². The normalized spacial score (nSPS) is 15.3. The molecule has 1 aliphatic carbocycles. The zero-order chi connectivity index (χ0) is 15.0. The molecule has 2 aromatic rings. The lowest BCUT2D eigenvalue weighted by atomic mass is 10.1. The van der Waals surface area contributed by atoms with Crippen molar-refractivity contribution in [3.05, 3.63) is 35.5 Å². The zero-order valence-corrected chi connectivity index (χ0v) is 12.7. The van der Waals surface area contributed by atoms with E-state index in [0.717, 1.165) is 34.9 Å². The molecule has 1 fully saturated rings. The summed E-state index contributed by atoms with van der Waals surface area (Å²) in [7, 11) is -3.49. The monoisotopic (exact) mass is 306 g/mol. The number of para-hydroxylation sites is 1. The number of sulfonamides is 1. The quantitative estimate of drug-likeness (QED) is 0.885. The second kappa shape index (κ2) is 5.18. The third-order valence-corrected chi connectivity index (χ3v) is 5.23. The molecule has 2 N–H and O–H groups in total. The van der Waals surface area contributed by atoms with Gasteiger partial charge in [0.05, 0.1) is 12.2 Å². The fourth-order valence-electron chi connectivity index (χ4n) is 2.53. The predicted octanol–water partition coefficient (Wildman–Crippen LogP) is 1.87. The first kappa shape index (κ1) is 14.1. The highest BCUT2D eigenvalue weighted by molar-refractivity contribution is 7.90. The third kappa shape index (κ3) is 3.26. The Morgan fingerprint density at radius 2 is 2.14 bits per heavy atom. The first-order valence-electron chi connectivity index (χ1n) is 7.03. The number of hydrogen-bond donors (Lipinski definition) is 2. The summed E-state index contributed by atoms with van der Waals surface area (Å²) in [6.07, 6.45) is 3.71. The van der Waals surface area contributed by atoms with Crippen molar-refractivity contribution in [2.45, 2.75) is 26.2 Å². The van der Waals surface area contributed by atoms with E-state index in [9.17, 15) is 13.2 Å². The van der Waals surface area contributed by atoms with Crippen LogP contribution in [0.1, 0.15) is 24.0 Å². The number of fused-ring (bicyclic) bond motifs is 1. The minimum atomic E-state index is -3.49. The van der Waals surface area contributed by atoms with E-state index in [1.807, 2.05) is 25.1 Å². The van der Waals surface area contributed by atoms with Gasteiger partial charge >= 0.3 is 0 Å². The Bertz CT molecular complexity index is 788. The van der Waals surface area contributed by atoms with E-state index < -0.39 is 15.9 Å². The number of aromatic amines is 1. The Hall–Kier alpha value is -1.82. The number of rotatable bonds is 5. The van der Waals surface area contributed by atoms with Crippen LogP contribution in [0.15, 0.2) is 24.4 Å². The summed E-state index contributed by atoms with van der Waals surface area (Å²) in [6, 6.07) is 5.85. The molecule has 1 heterocycles. The standard InChI is InChI=1S/C15H18N2O3S/c1-10-3-2-4-13-12(8-16-15(10)13)7-14(18)17-21(19,20)9-11-5-6-11/h2-4,8,11,16H,5-7,9H2,1H3,(H,17,18). The van der Waals surface area contributed by atoms with E-state index >= 15 is 0 Å². The first-order valence-corrected chi connectivity index (χ1v) is 8.69. The van der Waals surface area contributed by atoms with Crippen molar-refractivity contribution in [1.29, 1.82) is 0 Å². The molecule has 6 heteroatoms. The van der Waals surface area contributed by atoms with Crippen molar-refractivity contribution in [3.8, 4) is 0 Å². The molecule has 1 amide bonds. The summed E-state index contributed by atoms with van der Waals surface area (Å²) in [5, 5.41) is 0.963. The molecule has 0 unspecified atom stereocenters. The van der Waals surface area contributed by atoms with Gasteiger partial charge in [-0.2, -0.15) is 0 Å². The van der Waals surface area contributed by atoms with Crippen molar-refractivity contribution in [3.63, 3.8) is 0 Å². The summed E-state index contributed by atoms with van der Waals surface area (Å²) in [5.74, 6) is -0.185. The van der Waals surface area contributed by atoms with Crippen LogP contribution in [0.3, 0.4) is 0 Å². The van der Waals surface area contributed by atoms with Crippen LogP contribution in [0, 0.1) is 12.8 Å². The highest BCUT2D eigenvalue weighted by Gasteiger charge is 2.29. The number of aromatic nitrogens is 1. The SMILES string of the molecule is Cc1cccc2c(CC(=O)NS(=O)(=O)CC3CC3)c[nH]c12. The summed E-state index contributed by atoms with van der Waals surface area (Å²) in [5.41, 5.74) is 2.90. The number of nitrogens with one attached hydrogen (secondary N) is 2. The van der Waals surface area contributed by atoms with Gasteiger partial charge < -0.3 is 4.98 Å². The number of benzene rings is 1. The highest BCUT2D eigenvalue weighted by atomic mass is 32.2. The van der Waals surface area contributed by atoms with Gasteiger partial charge in [0, 0.05) is 17.1 Å². The maximum atomic E-state index is 12.0. The van der Waals surface area contributed by atoms with Crippen LogP contribution in [-0.2, 0) is 21.2 Å². The Labute approximate surface area is 123 Å². The molecular formula is C15H18N2O3S. The molecule has 0 saturated heterocycles. The lowest BCUT2D eigenvalue weighted by Gasteiger charge is -2.05. The molecule has 112 valence electrons. The van der Waals surface area contributed by atoms with E-state index in [4.69, 9.17) is 0 Å². The topological polar surface area (TPSA) is 79.0 Å². The molecule has 1 saturated carbocycles. The van der Waals surface area contributed by atoms with Gasteiger partial charge in [-0.1, -0.05) is 18.2 Å². The average Bonchev–Trinajstić information content (AvgIpc) is 3.08. The minimum absolute atomic E-state index is 0.0612. The average molecular weight is 306 g/mol. The lowest BCUT2D eigenvalue weighted by molar-refractivity contribution is -0.118. The Kier molecular flexibility index (Phi) is 3.49. The van der Waals surface area contributed by atoms with Gasteiger partial charge in [0.25, 0.3) is 0 Å². The molecule has 1 aliphatic rings. The molecule has 0 aliphatic heterocycles. The van der Waals surface area contributed by atoms with Crippen molar-refractivity contribution < 1.29 is 13.2 Å². The second-order valence-electron chi connectivity index (χ2n) is 5.74. The number of carbonyl (C=O) groups excluding carboxylic acids is 1. The number of aryl methyl sites for hydroxylation is 1. The molecule has 0 bridgehead atoms. The van der Waals surface area contributed by atoms with Gasteiger partial charge in [0.2, 0.25) is 15.9 Å². The third-order valence-electron chi connectivity index (χ3n) is 3.78. The largest absolute Gasteiger partial charge is 0.361 e. The lowest BCUT2D eigenvalue weighted by Crippen LogP contribution is -2.34. The summed E-state index contributed by atoms with van der Waals surface area (Å²) in [6.45, 7) is 1.99. The molecule has 1 aromatic carbocycles. The number of carbonyl (C=O) groups is 1. The molecule has 1 aromatic heterocycles. The molecular weight excluding hydrogens is 288 g/mol.